The van der Waals surface area contributed by atoms with E-state index < -0.39 is 0 Å². The molecule has 0 spiro atoms. The monoisotopic (exact) mass is 324 g/mol. The minimum atomic E-state index is 0.381. The van der Waals surface area contributed by atoms with Gasteiger partial charge in [0.05, 0.1) is 17.5 Å². The zero-order valence-corrected chi connectivity index (χ0v) is 14.2. The maximum Gasteiger partial charge on any atom is 0.0929 e. The highest BCUT2D eigenvalue weighted by Gasteiger charge is 2.26. The second kappa shape index (κ2) is 6.87. The molecule has 2 fully saturated rings. The molecule has 2 aliphatic heterocycles. The summed E-state index contributed by atoms with van der Waals surface area (Å²) in [6.07, 6.45) is 2.99. The molecule has 2 saturated heterocycles. The second-order valence-electron chi connectivity index (χ2n) is 6.70. The Labute approximate surface area is 143 Å². The van der Waals surface area contributed by atoms with E-state index in [1.807, 2.05) is 0 Å². The summed E-state index contributed by atoms with van der Waals surface area (Å²) >= 11 is 0. The molecule has 24 heavy (non-hydrogen) atoms. The standard InChI is InChI=1S/C19H24N4O/c1-24-18-13-22(14-18)12-16-6-9-19(21-20-16)15-4-7-17(8-5-15)23-10-2-3-11-23/h4-9,18H,2-3,10-14H2,1H3. The number of benzene rings is 1. The van der Waals surface area contributed by atoms with Crippen LogP contribution in [0.25, 0.3) is 11.3 Å². The van der Waals surface area contributed by atoms with E-state index in [0.717, 1.165) is 36.6 Å². The van der Waals surface area contributed by atoms with Crippen molar-refractivity contribution in [3.8, 4) is 11.3 Å². The molecule has 0 radical (unpaired) electrons. The lowest BCUT2D eigenvalue weighted by Crippen LogP contribution is -2.51. The quantitative estimate of drug-likeness (QED) is 0.845. The van der Waals surface area contributed by atoms with Crippen molar-refractivity contribution in [3.63, 3.8) is 0 Å². The number of anilines is 1. The third-order valence-corrected chi connectivity index (χ3v) is 5.00. The summed E-state index contributed by atoms with van der Waals surface area (Å²) in [5.41, 5.74) is 4.39. The van der Waals surface area contributed by atoms with Gasteiger partial charge in [-0.15, -0.1) is 0 Å². The van der Waals surface area contributed by atoms with Crippen LogP contribution in [0.3, 0.4) is 0 Å². The van der Waals surface area contributed by atoms with Crippen LogP contribution in [0.5, 0.6) is 0 Å². The van der Waals surface area contributed by atoms with Crippen LogP contribution in [-0.4, -0.2) is 54.5 Å². The molecule has 0 atom stereocenters. The van der Waals surface area contributed by atoms with Gasteiger partial charge in [0.15, 0.2) is 0 Å². The van der Waals surface area contributed by atoms with Crippen molar-refractivity contribution in [1.82, 2.24) is 15.1 Å². The second-order valence-corrected chi connectivity index (χ2v) is 6.70. The highest BCUT2D eigenvalue weighted by atomic mass is 16.5. The van der Waals surface area contributed by atoms with E-state index in [4.69, 9.17) is 4.74 Å². The van der Waals surface area contributed by atoms with Crippen molar-refractivity contribution in [1.29, 1.82) is 0 Å². The molecule has 0 N–H and O–H groups in total. The summed E-state index contributed by atoms with van der Waals surface area (Å²) in [6, 6.07) is 12.8. The molecular formula is C19H24N4O. The van der Waals surface area contributed by atoms with Crippen molar-refractivity contribution in [2.45, 2.75) is 25.5 Å². The maximum atomic E-state index is 5.30. The molecular weight excluding hydrogens is 300 g/mol. The van der Waals surface area contributed by atoms with Crippen LogP contribution < -0.4 is 4.90 Å². The minimum Gasteiger partial charge on any atom is -0.379 e. The van der Waals surface area contributed by atoms with Gasteiger partial charge in [-0.25, -0.2) is 0 Å². The first-order valence-electron chi connectivity index (χ1n) is 8.75. The van der Waals surface area contributed by atoms with Crippen LogP contribution in [0.1, 0.15) is 18.5 Å². The Morgan fingerprint density at radius 3 is 2.38 bits per heavy atom. The van der Waals surface area contributed by atoms with E-state index in [9.17, 15) is 0 Å². The van der Waals surface area contributed by atoms with Crippen LogP contribution >= 0.6 is 0 Å². The molecule has 126 valence electrons. The Morgan fingerprint density at radius 2 is 1.75 bits per heavy atom. The van der Waals surface area contributed by atoms with Gasteiger partial charge in [0, 0.05) is 51.1 Å². The number of aromatic nitrogens is 2. The van der Waals surface area contributed by atoms with E-state index in [1.165, 1.54) is 31.6 Å². The Balaban J connectivity index is 1.39. The molecule has 5 heteroatoms. The van der Waals surface area contributed by atoms with Gasteiger partial charge in [0.2, 0.25) is 0 Å². The van der Waals surface area contributed by atoms with E-state index in [2.05, 4.69) is 56.4 Å². The van der Waals surface area contributed by atoms with Crippen molar-refractivity contribution >= 4 is 5.69 Å². The lowest BCUT2D eigenvalue weighted by Gasteiger charge is -2.37. The topological polar surface area (TPSA) is 41.5 Å². The van der Waals surface area contributed by atoms with E-state index in [-0.39, 0.29) is 0 Å². The van der Waals surface area contributed by atoms with Crippen LogP contribution in [0, 0.1) is 0 Å². The molecule has 2 aromatic rings. The molecule has 0 saturated carbocycles. The summed E-state index contributed by atoms with van der Waals surface area (Å²) in [4.78, 5) is 4.77. The Bertz CT molecular complexity index is 659. The Morgan fingerprint density at radius 1 is 1.00 bits per heavy atom. The molecule has 1 aromatic carbocycles. The zero-order chi connectivity index (χ0) is 16.4. The van der Waals surface area contributed by atoms with Crippen molar-refractivity contribution in [2.24, 2.45) is 0 Å². The number of methoxy groups -OCH3 is 1. The normalized spacial score (nSPS) is 18.8. The smallest absolute Gasteiger partial charge is 0.0929 e. The summed E-state index contributed by atoms with van der Waals surface area (Å²) in [7, 11) is 1.77. The van der Waals surface area contributed by atoms with Crippen molar-refractivity contribution in [3.05, 3.63) is 42.1 Å². The molecule has 2 aliphatic rings. The zero-order valence-electron chi connectivity index (χ0n) is 14.2. The van der Waals surface area contributed by atoms with Gasteiger partial charge >= 0.3 is 0 Å². The molecule has 1 aromatic heterocycles. The average Bonchev–Trinajstić information content (AvgIpc) is 3.13. The number of likely N-dealkylation sites (tertiary alicyclic amines) is 1. The van der Waals surface area contributed by atoms with Crippen LogP contribution in [-0.2, 0) is 11.3 Å². The first kappa shape index (κ1) is 15.5. The number of nitrogens with zero attached hydrogens (tertiary/aromatic N) is 4. The molecule has 0 unspecified atom stereocenters. The fraction of sp³-hybridized carbons (Fsp3) is 0.474. The highest BCUT2D eigenvalue weighted by Crippen LogP contribution is 2.24. The fourth-order valence-corrected chi connectivity index (χ4v) is 3.45. The van der Waals surface area contributed by atoms with Gasteiger partial charge in [0.25, 0.3) is 0 Å². The molecule has 0 aliphatic carbocycles. The van der Waals surface area contributed by atoms with Crippen LogP contribution in [0.2, 0.25) is 0 Å². The maximum absolute atomic E-state index is 5.30. The average molecular weight is 324 g/mol. The van der Waals surface area contributed by atoms with E-state index in [1.54, 1.807) is 7.11 Å². The molecule has 0 bridgehead atoms. The highest BCUT2D eigenvalue weighted by molar-refractivity contribution is 5.63. The number of ether oxygens (including phenoxy) is 1. The molecule has 5 nitrogen and oxygen atoms in total. The molecule has 3 heterocycles. The van der Waals surface area contributed by atoms with Gasteiger partial charge in [-0.3, -0.25) is 4.90 Å². The largest absolute Gasteiger partial charge is 0.379 e. The third kappa shape index (κ3) is 3.28. The number of hydrogen-bond acceptors (Lipinski definition) is 5. The Kier molecular flexibility index (Phi) is 4.45. The number of hydrogen-bond donors (Lipinski definition) is 0. The van der Waals surface area contributed by atoms with Gasteiger partial charge < -0.3 is 9.64 Å². The van der Waals surface area contributed by atoms with Crippen LogP contribution in [0.4, 0.5) is 5.69 Å². The predicted molar refractivity (Wildman–Crippen MR) is 95.0 cm³/mol. The fourth-order valence-electron chi connectivity index (χ4n) is 3.45. The minimum absolute atomic E-state index is 0.381. The summed E-state index contributed by atoms with van der Waals surface area (Å²) < 4.78 is 5.30. The van der Waals surface area contributed by atoms with Gasteiger partial charge in [-0.05, 0) is 37.1 Å². The van der Waals surface area contributed by atoms with Crippen molar-refractivity contribution < 1.29 is 4.74 Å². The summed E-state index contributed by atoms with van der Waals surface area (Å²) in [5, 5.41) is 8.79. The first-order chi connectivity index (χ1) is 11.8. The van der Waals surface area contributed by atoms with Gasteiger partial charge in [-0.2, -0.15) is 10.2 Å². The van der Waals surface area contributed by atoms with Crippen LogP contribution in [0.15, 0.2) is 36.4 Å². The first-order valence-corrected chi connectivity index (χ1v) is 8.75. The molecule has 0 amide bonds. The van der Waals surface area contributed by atoms with Gasteiger partial charge in [0.1, 0.15) is 0 Å². The van der Waals surface area contributed by atoms with Crippen molar-refractivity contribution in [2.75, 3.05) is 38.2 Å². The third-order valence-electron chi connectivity index (χ3n) is 5.00. The van der Waals surface area contributed by atoms with E-state index >= 15 is 0 Å². The number of rotatable bonds is 5. The lowest BCUT2D eigenvalue weighted by molar-refractivity contribution is -0.0340. The SMILES string of the molecule is COC1CN(Cc2ccc(-c3ccc(N4CCCC4)cc3)nn2)C1. The summed E-state index contributed by atoms with van der Waals surface area (Å²) in [5.74, 6) is 0. The molecule has 4 rings (SSSR count). The Hall–Kier alpha value is -1.98. The lowest BCUT2D eigenvalue weighted by atomic mass is 10.1. The van der Waals surface area contributed by atoms with E-state index in [0.29, 0.717) is 6.10 Å². The van der Waals surface area contributed by atoms with Gasteiger partial charge in [-0.1, -0.05) is 12.1 Å². The summed E-state index contributed by atoms with van der Waals surface area (Å²) in [6.45, 7) is 5.17. The predicted octanol–water partition coefficient (Wildman–Crippen LogP) is 2.57.